The van der Waals surface area contributed by atoms with Gasteiger partial charge in [-0.25, -0.2) is 0 Å². The van der Waals surface area contributed by atoms with Gasteiger partial charge in [-0.1, -0.05) is 40.0 Å². The van der Waals surface area contributed by atoms with Gasteiger partial charge in [0.2, 0.25) is 0 Å². The average Bonchev–Trinajstić information content (AvgIpc) is 3.17. The lowest BCUT2D eigenvalue weighted by atomic mass is 9.96. The molecule has 2 fully saturated rings. The molecule has 2 atom stereocenters. The van der Waals surface area contributed by atoms with Crippen LogP contribution >= 0.6 is 27.5 Å². The largest absolute Gasteiger partial charge is 0.326 e. The molecule has 0 amide bonds. The van der Waals surface area contributed by atoms with Crippen molar-refractivity contribution in [2.75, 3.05) is 6.54 Å². The van der Waals surface area contributed by atoms with Crippen LogP contribution in [0.2, 0.25) is 5.02 Å². The van der Waals surface area contributed by atoms with Crippen LogP contribution in [0, 0.1) is 0 Å². The highest BCUT2D eigenvalue weighted by atomic mass is 79.9. The number of rotatable bonds is 2. The van der Waals surface area contributed by atoms with E-state index in [1.165, 1.54) is 31.2 Å². The number of likely N-dealkylation sites (tertiary alicyclic amines) is 1. The Morgan fingerprint density at radius 1 is 1.21 bits per heavy atom. The highest BCUT2D eigenvalue weighted by molar-refractivity contribution is 9.10. The zero-order chi connectivity index (χ0) is 13.4. The van der Waals surface area contributed by atoms with E-state index in [9.17, 15) is 0 Å². The van der Waals surface area contributed by atoms with Crippen molar-refractivity contribution in [3.8, 4) is 0 Å². The summed E-state index contributed by atoms with van der Waals surface area (Å²) in [5.74, 6) is 0. The molecule has 4 heteroatoms. The molecule has 0 aromatic heterocycles. The third-order valence-electron chi connectivity index (χ3n) is 4.26. The van der Waals surface area contributed by atoms with Crippen LogP contribution in [0.4, 0.5) is 0 Å². The Hall–Kier alpha value is -0.0900. The minimum Gasteiger partial charge on any atom is -0.326 e. The molecule has 2 N–H and O–H groups in total. The standard InChI is InChI=1S/C15H20BrClN2/c16-10-4-7-12(13(17)9-10)15-14(18)3-1-2-8-19(15)11-5-6-11/h4,7,9,11,14-15H,1-3,5-6,8,18H2. The minimum atomic E-state index is 0.196. The van der Waals surface area contributed by atoms with Crippen molar-refractivity contribution in [2.24, 2.45) is 5.73 Å². The van der Waals surface area contributed by atoms with E-state index in [1.807, 2.05) is 6.07 Å². The van der Waals surface area contributed by atoms with E-state index < -0.39 is 0 Å². The van der Waals surface area contributed by atoms with Crippen molar-refractivity contribution in [2.45, 2.75) is 50.2 Å². The summed E-state index contributed by atoms with van der Waals surface area (Å²) < 4.78 is 1.03. The predicted octanol–water partition coefficient (Wildman–Crippen LogP) is 4.12. The van der Waals surface area contributed by atoms with E-state index in [2.05, 4.69) is 33.0 Å². The molecule has 1 heterocycles. The van der Waals surface area contributed by atoms with Gasteiger partial charge in [0, 0.05) is 21.6 Å². The smallest absolute Gasteiger partial charge is 0.0516 e. The van der Waals surface area contributed by atoms with E-state index in [0.717, 1.165) is 28.5 Å². The van der Waals surface area contributed by atoms with Crippen LogP contribution in [-0.4, -0.2) is 23.5 Å². The van der Waals surface area contributed by atoms with Crippen LogP contribution in [0.1, 0.15) is 43.7 Å². The molecule has 3 rings (SSSR count). The summed E-state index contributed by atoms with van der Waals surface area (Å²) >= 11 is 9.94. The van der Waals surface area contributed by atoms with E-state index in [1.54, 1.807) is 0 Å². The molecule has 19 heavy (non-hydrogen) atoms. The molecular formula is C15H20BrClN2. The number of halogens is 2. The molecule has 104 valence electrons. The van der Waals surface area contributed by atoms with Gasteiger partial charge in [0.1, 0.15) is 0 Å². The fraction of sp³-hybridized carbons (Fsp3) is 0.600. The number of benzene rings is 1. The Labute approximate surface area is 128 Å². The van der Waals surface area contributed by atoms with Gasteiger partial charge < -0.3 is 5.73 Å². The molecule has 1 aliphatic carbocycles. The van der Waals surface area contributed by atoms with Crippen molar-refractivity contribution in [1.29, 1.82) is 0 Å². The molecule has 0 bridgehead atoms. The fourth-order valence-electron chi connectivity index (χ4n) is 3.18. The highest BCUT2D eigenvalue weighted by Gasteiger charge is 2.38. The van der Waals surface area contributed by atoms with E-state index >= 15 is 0 Å². The monoisotopic (exact) mass is 342 g/mol. The molecule has 2 nitrogen and oxygen atoms in total. The first-order valence-electron chi connectivity index (χ1n) is 7.13. The summed E-state index contributed by atoms with van der Waals surface area (Å²) in [5.41, 5.74) is 7.66. The fourth-order valence-corrected chi connectivity index (χ4v) is 3.97. The second-order valence-electron chi connectivity index (χ2n) is 5.74. The number of hydrogen-bond donors (Lipinski definition) is 1. The van der Waals surface area contributed by atoms with E-state index in [4.69, 9.17) is 17.3 Å². The van der Waals surface area contributed by atoms with Crippen LogP contribution < -0.4 is 5.73 Å². The Morgan fingerprint density at radius 2 is 2.00 bits per heavy atom. The van der Waals surface area contributed by atoms with Crippen molar-refractivity contribution in [3.63, 3.8) is 0 Å². The van der Waals surface area contributed by atoms with Crippen LogP contribution in [0.5, 0.6) is 0 Å². The van der Waals surface area contributed by atoms with Crippen LogP contribution in [0.3, 0.4) is 0 Å². The molecule has 0 spiro atoms. The van der Waals surface area contributed by atoms with E-state index in [0.29, 0.717) is 0 Å². The first kappa shape index (κ1) is 13.9. The summed E-state index contributed by atoms with van der Waals surface area (Å²) in [4.78, 5) is 2.60. The zero-order valence-corrected chi connectivity index (χ0v) is 13.3. The molecular weight excluding hydrogens is 324 g/mol. The maximum atomic E-state index is 6.46. The summed E-state index contributed by atoms with van der Waals surface area (Å²) in [6.45, 7) is 1.16. The molecule has 1 saturated heterocycles. The minimum absolute atomic E-state index is 0.196. The molecule has 2 unspecified atom stereocenters. The van der Waals surface area contributed by atoms with Gasteiger partial charge in [-0.15, -0.1) is 0 Å². The normalized spacial score (nSPS) is 29.2. The summed E-state index contributed by atoms with van der Waals surface area (Å²) in [6, 6.07) is 7.41. The maximum Gasteiger partial charge on any atom is 0.0516 e. The number of nitrogens with two attached hydrogens (primary N) is 1. The first-order chi connectivity index (χ1) is 9.16. The Bertz CT molecular complexity index is 461. The Morgan fingerprint density at radius 3 is 2.68 bits per heavy atom. The highest BCUT2D eigenvalue weighted by Crippen LogP contribution is 2.41. The predicted molar refractivity (Wildman–Crippen MR) is 83.4 cm³/mol. The SMILES string of the molecule is NC1CCCCN(C2CC2)C1c1ccc(Br)cc1Cl. The quantitative estimate of drug-likeness (QED) is 0.875. The lowest BCUT2D eigenvalue weighted by molar-refractivity contribution is 0.175. The van der Waals surface area contributed by atoms with Gasteiger partial charge in [0.25, 0.3) is 0 Å². The molecule has 0 radical (unpaired) electrons. The topological polar surface area (TPSA) is 29.3 Å². The van der Waals surface area contributed by atoms with Crippen molar-refractivity contribution in [3.05, 3.63) is 33.3 Å². The lowest BCUT2D eigenvalue weighted by Crippen LogP contribution is -2.41. The number of hydrogen-bond acceptors (Lipinski definition) is 2. The summed E-state index contributed by atoms with van der Waals surface area (Å²) in [7, 11) is 0. The Balaban J connectivity index is 1.96. The second kappa shape index (κ2) is 5.72. The lowest BCUT2D eigenvalue weighted by Gasteiger charge is -2.34. The molecule has 1 saturated carbocycles. The van der Waals surface area contributed by atoms with Crippen molar-refractivity contribution < 1.29 is 0 Å². The van der Waals surface area contributed by atoms with Crippen molar-refractivity contribution >= 4 is 27.5 Å². The second-order valence-corrected chi connectivity index (χ2v) is 7.06. The third kappa shape index (κ3) is 2.99. The van der Waals surface area contributed by atoms with Gasteiger partial charge >= 0.3 is 0 Å². The molecule has 1 aromatic carbocycles. The maximum absolute atomic E-state index is 6.46. The van der Waals surface area contributed by atoms with Crippen LogP contribution in [0.25, 0.3) is 0 Å². The van der Waals surface area contributed by atoms with Gasteiger partial charge in [-0.3, -0.25) is 4.90 Å². The van der Waals surface area contributed by atoms with Crippen molar-refractivity contribution in [1.82, 2.24) is 4.90 Å². The first-order valence-corrected chi connectivity index (χ1v) is 8.30. The zero-order valence-electron chi connectivity index (χ0n) is 11.0. The summed E-state index contributed by atoms with van der Waals surface area (Å²) in [5, 5.41) is 0.836. The number of nitrogens with zero attached hydrogens (tertiary/aromatic N) is 1. The van der Waals surface area contributed by atoms with Gasteiger partial charge in [-0.05, 0) is 49.9 Å². The van der Waals surface area contributed by atoms with Gasteiger partial charge in [-0.2, -0.15) is 0 Å². The average molecular weight is 344 g/mol. The van der Waals surface area contributed by atoms with Crippen LogP contribution in [-0.2, 0) is 0 Å². The van der Waals surface area contributed by atoms with Crippen LogP contribution in [0.15, 0.2) is 22.7 Å². The Kier molecular flexibility index (Phi) is 4.18. The molecule has 1 aliphatic heterocycles. The van der Waals surface area contributed by atoms with Gasteiger partial charge in [0.05, 0.1) is 6.04 Å². The molecule has 2 aliphatic rings. The van der Waals surface area contributed by atoms with Gasteiger partial charge in [0.15, 0.2) is 0 Å². The third-order valence-corrected chi connectivity index (χ3v) is 5.08. The van der Waals surface area contributed by atoms with E-state index in [-0.39, 0.29) is 12.1 Å². The molecule has 1 aromatic rings. The summed E-state index contributed by atoms with van der Waals surface area (Å²) in [6.07, 6.45) is 6.22.